The van der Waals surface area contributed by atoms with Crippen LogP contribution in [0.5, 0.6) is 0 Å². The lowest BCUT2D eigenvalue weighted by Gasteiger charge is -2.14. The number of nitrogens with one attached hydrogen (secondary N) is 1. The monoisotopic (exact) mass is 212 g/mol. The van der Waals surface area contributed by atoms with Gasteiger partial charge in [-0.25, -0.2) is 9.97 Å². The van der Waals surface area contributed by atoms with Gasteiger partial charge in [0, 0.05) is 18.7 Å². The second kappa shape index (κ2) is 5.82. The van der Waals surface area contributed by atoms with Gasteiger partial charge in [0.15, 0.2) is 0 Å². The summed E-state index contributed by atoms with van der Waals surface area (Å²) in [6.07, 6.45) is 4.55. The molecule has 0 saturated carbocycles. The summed E-state index contributed by atoms with van der Waals surface area (Å²) < 4.78 is 0. The van der Waals surface area contributed by atoms with E-state index in [0.717, 1.165) is 17.3 Å². The quantitative estimate of drug-likeness (QED) is 0.570. The first-order valence-electron chi connectivity index (χ1n) is 4.62. The van der Waals surface area contributed by atoms with Gasteiger partial charge in [0.2, 0.25) is 0 Å². The minimum atomic E-state index is 0.291. The van der Waals surface area contributed by atoms with Gasteiger partial charge in [-0.05, 0) is 12.7 Å². The van der Waals surface area contributed by atoms with Crippen LogP contribution in [0.3, 0.4) is 0 Å². The Kier molecular flexibility index (Phi) is 4.69. The van der Waals surface area contributed by atoms with E-state index < -0.39 is 0 Å². The Labute approximate surface area is 88.7 Å². The van der Waals surface area contributed by atoms with Crippen LogP contribution in [0, 0.1) is 0 Å². The standard InChI is InChI=1S/C9H16N4S/c1-3-7(5-10)13-8-4-9(14-2)12-6-11-8/h4,6-7H,3,5,10H2,1-2H3,(H,11,12,13). The van der Waals surface area contributed by atoms with Crippen molar-refractivity contribution in [1.82, 2.24) is 9.97 Å². The van der Waals surface area contributed by atoms with E-state index in [9.17, 15) is 0 Å². The summed E-state index contributed by atoms with van der Waals surface area (Å²) in [5.41, 5.74) is 5.59. The van der Waals surface area contributed by atoms with Crippen LogP contribution in [-0.4, -0.2) is 28.8 Å². The fraction of sp³-hybridized carbons (Fsp3) is 0.556. The molecule has 1 rings (SSSR count). The van der Waals surface area contributed by atoms with Crippen LogP contribution in [0.1, 0.15) is 13.3 Å². The van der Waals surface area contributed by atoms with Crippen molar-refractivity contribution in [2.24, 2.45) is 5.73 Å². The number of rotatable bonds is 5. The molecule has 1 heterocycles. The third-order valence-corrected chi connectivity index (χ3v) is 2.62. The zero-order chi connectivity index (χ0) is 10.4. The summed E-state index contributed by atoms with van der Waals surface area (Å²) in [6, 6.07) is 2.22. The molecular formula is C9H16N4S. The van der Waals surface area contributed by atoms with Gasteiger partial charge in [-0.2, -0.15) is 0 Å². The molecular weight excluding hydrogens is 196 g/mol. The summed E-state index contributed by atoms with van der Waals surface area (Å²) in [6.45, 7) is 2.72. The average Bonchev–Trinajstić information content (AvgIpc) is 2.26. The lowest BCUT2D eigenvalue weighted by molar-refractivity contribution is 0.698. The molecule has 0 aliphatic carbocycles. The molecule has 0 aliphatic heterocycles. The van der Waals surface area contributed by atoms with Gasteiger partial charge in [-0.1, -0.05) is 6.92 Å². The Balaban J connectivity index is 2.65. The highest BCUT2D eigenvalue weighted by Gasteiger charge is 2.04. The van der Waals surface area contributed by atoms with Crippen LogP contribution in [-0.2, 0) is 0 Å². The summed E-state index contributed by atoms with van der Waals surface area (Å²) in [4.78, 5) is 8.23. The molecule has 0 bridgehead atoms. The summed E-state index contributed by atoms with van der Waals surface area (Å²) >= 11 is 1.60. The van der Waals surface area contributed by atoms with Crippen molar-refractivity contribution in [2.75, 3.05) is 18.1 Å². The Morgan fingerprint density at radius 2 is 2.36 bits per heavy atom. The highest BCUT2D eigenvalue weighted by molar-refractivity contribution is 7.98. The van der Waals surface area contributed by atoms with E-state index >= 15 is 0 Å². The molecule has 3 N–H and O–H groups in total. The van der Waals surface area contributed by atoms with Crippen LogP contribution in [0.4, 0.5) is 5.82 Å². The van der Waals surface area contributed by atoms with Gasteiger partial charge in [0.1, 0.15) is 17.2 Å². The van der Waals surface area contributed by atoms with E-state index in [4.69, 9.17) is 5.73 Å². The van der Waals surface area contributed by atoms with Gasteiger partial charge >= 0.3 is 0 Å². The van der Waals surface area contributed by atoms with Crippen LogP contribution in [0.2, 0.25) is 0 Å². The van der Waals surface area contributed by atoms with Gasteiger partial charge in [-0.15, -0.1) is 11.8 Å². The molecule has 1 unspecified atom stereocenters. The van der Waals surface area contributed by atoms with Crippen LogP contribution in [0.15, 0.2) is 17.4 Å². The Bertz CT molecular complexity index is 275. The van der Waals surface area contributed by atoms with Gasteiger partial charge in [-0.3, -0.25) is 0 Å². The van der Waals surface area contributed by atoms with Crippen LogP contribution in [0.25, 0.3) is 0 Å². The predicted octanol–water partition coefficient (Wildman–Crippen LogP) is 1.35. The molecule has 78 valence electrons. The first kappa shape index (κ1) is 11.3. The van der Waals surface area contributed by atoms with Crippen LogP contribution < -0.4 is 11.1 Å². The second-order valence-electron chi connectivity index (χ2n) is 2.93. The normalized spacial score (nSPS) is 12.5. The number of nitrogens with zero attached hydrogens (tertiary/aromatic N) is 2. The Hall–Kier alpha value is -0.810. The highest BCUT2D eigenvalue weighted by Crippen LogP contribution is 2.14. The van der Waals surface area contributed by atoms with E-state index in [1.54, 1.807) is 18.1 Å². The molecule has 1 aromatic heterocycles. The molecule has 4 nitrogen and oxygen atoms in total. The topological polar surface area (TPSA) is 63.8 Å². The molecule has 0 saturated heterocycles. The Morgan fingerprint density at radius 3 is 2.93 bits per heavy atom. The van der Waals surface area contributed by atoms with E-state index in [2.05, 4.69) is 22.2 Å². The number of hydrogen-bond donors (Lipinski definition) is 2. The first-order valence-corrected chi connectivity index (χ1v) is 5.85. The molecule has 1 atom stereocenters. The zero-order valence-corrected chi connectivity index (χ0v) is 9.34. The third kappa shape index (κ3) is 3.16. The highest BCUT2D eigenvalue weighted by atomic mass is 32.2. The molecule has 0 spiro atoms. The van der Waals surface area contributed by atoms with Crippen molar-refractivity contribution in [3.8, 4) is 0 Å². The summed E-state index contributed by atoms with van der Waals surface area (Å²) in [5, 5.41) is 4.23. The van der Waals surface area contributed by atoms with E-state index in [1.807, 2.05) is 12.3 Å². The average molecular weight is 212 g/mol. The summed E-state index contributed by atoms with van der Waals surface area (Å²) in [5.74, 6) is 0.849. The second-order valence-corrected chi connectivity index (χ2v) is 3.76. The van der Waals surface area contributed by atoms with Crippen molar-refractivity contribution in [3.05, 3.63) is 12.4 Å². The predicted molar refractivity (Wildman–Crippen MR) is 60.6 cm³/mol. The fourth-order valence-electron chi connectivity index (χ4n) is 1.07. The number of hydrogen-bond acceptors (Lipinski definition) is 5. The molecule has 5 heteroatoms. The molecule has 0 fully saturated rings. The van der Waals surface area contributed by atoms with Crippen LogP contribution >= 0.6 is 11.8 Å². The Morgan fingerprint density at radius 1 is 1.57 bits per heavy atom. The van der Waals surface area contributed by atoms with Gasteiger partial charge in [0.05, 0.1) is 0 Å². The van der Waals surface area contributed by atoms with E-state index in [1.165, 1.54) is 0 Å². The maximum Gasteiger partial charge on any atom is 0.130 e. The van der Waals surface area contributed by atoms with Crippen molar-refractivity contribution in [3.63, 3.8) is 0 Å². The van der Waals surface area contributed by atoms with Gasteiger partial charge < -0.3 is 11.1 Å². The largest absolute Gasteiger partial charge is 0.366 e. The lowest BCUT2D eigenvalue weighted by Crippen LogP contribution is -2.28. The molecule has 0 amide bonds. The lowest BCUT2D eigenvalue weighted by atomic mass is 10.2. The maximum atomic E-state index is 5.59. The van der Waals surface area contributed by atoms with E-state index in [-0.39, 0.29) is 0 Å². The smallest absolute Gasteiger partial charge is 0.130 e. The van der Waals surface area contributed by atoms with Gasteiger partial charge in [0.25, 0.3) is 0 Å². The maximum absolute atomic E-state index is 5.59. The zero-order valence-electron chi connectivity index (χ0n) is 8.53. The number of thioether (sulfide) groups is 1. The SMILES string of the molecule is CCC(CN)Nc1cc(SC)ncn1. The van der Waals surface area contributed by atoms with Crippen molar-refractivity contribution in [1.29, 1.82) is 0 Å². The molecule has 0 aliphatic rings. The molecule has 14 heavy (non-hydrogen) atoms. The molecule has 1 aromatic rings. The fourth-order valence-corrected chi connectivity index (χ4v) is 1.45. The van der Waals surface area contributed by atoms with Crippen molar-refractivity contribution >= 4 is 17.6 Å². The van der Waals surface area contributed by atoms with Crippen molar-refractivity contribution < 1.29 is 0 Å². The van der Waals surface area contributed by atoms with E-state index in [0.29, 0.717) is 12.6 Å². The summed E-state index contributed by atoms with van der Waals surface area (Å²) in [7, 11) is 0. The molecule has 0 aromatic carbocycles. The number of nitrogens with two attached hydrogens (primary N) is 1. The first-order chi connectivity index (χ1) is 6.80. The number of anilines is 1. The molecule has 0 radical (unpaired) electrons. The third-order valence-electron chi connectivity index (χ3n) is 1.98. The van der Waals surface area contributed by atoms with Crippen molar-refractivity contribution in [2.45, 2.75) is 24.4 Å². The minimum Gasteiger partial charge on any atom is -0.366 e. The minimum absolute atomic E-state index is 0.291. The number of aromatic nitrogens is 2.